The van der Waals surface area contributed by atoms with E-state index in [0.717, 1.165) is 38.9 Å². The van der Waals surface area contributed by atoms with Crippen molar-refractivity contribution in [2.24, 2.45) is 0 Å². The number of furan rings is 1. The van der Waals surface area contributed by atoms with Gasteiger partial charge in [0.1, 0.15) is 11.2 Å². The Morgan fingerprint density at radius 1 is 0.474 bits per heavy atom. The van der Waals surface area contributed by atoms with Gasteiger partial charge in [-0.1, -0.05) is 153 Å². The summed E-state index contributed by atoms with van der Waals surface area (Å²) in [5, 5.41) is 0.542. The Balaban J connectivity index is 1.30. The summed E-state index contributed by atoms with van der Waals surface area (Å²) in [5.74, 6) is 0. The third-order valence-electron chi connectivity index (χ3n) is 11.4. The maximum absolute atomic E-state index is 10.4. The van der Waals surface area contributed by atoms with Crippen LogP contribution in [0.5, 0.6) is 0 Å². The van der Waals surface area contributed by atoms with Crippen molar-refractivity contribution < 1.29 is 15.4 Å². The quantitative estimate of drug-likeness (QED) is 0.169. The fourth-order valence-corrected chi connectivity index (χ4v) is 8.67. The molecule has 0 bridgehead atoms. The highest BCUT2D eigenvalue weighted by atomic mass is 16.3. The first-order valence-electron chi connectivity index (χ1n) is 23.1. The summed E-state index contributed by atoms with van der Waals surface area (Å²) in [6.45, 7) is 4.39. The fraction of sp³-hybridized carbons (Fsp3) is 0.0545. The van der Waals surface area contributed by atoms with E-state index in [9.17, 15) is 8.22 Å². The van der Waals surface area contributed by atoms with Crippen molar-refractivity contribution in [3.63, 3.8) is 0 Å². The Bertz CT molecular complexity index is 3550. The van der Waals surface area contributed by atoms with Crippen molar-refractivity contribution in [1.29, 1.82) is 0 Å². The first-order valence-corrected chi connectivity index (χ1v) is 19.1. The van der Waals surface area contributed by atoms with Gasteiger partial charge in [-0.25, -0.2) is 0 Å². The van der Waals surface area contributed by atoms with E-state index in [1.807, 2.05) is 126 Å². The molecule has 270 valence electrons. The normalized spacial score (nSPS) is 14.8. The Morgan fingerprint density at radius 2 is 1.09 bits per heavy atom. The zero-order valence-corrected chi connectivity index (χ0v) is 31.3. The van der Waals surface area contributed by atoms with Crippen LogP contribution in [0.2, 0.25) is 0 Å². The average Bonchev–Trinajstić information content (AvgIpc) is 3.84. The Morgan fingerprint density at radius 3 is 1.81 bits per heavy atom. The van der Waals surface area contributed by atoms with Gasteiger partial charge in [0, 0.05) is 27.6 Å². The molecule has 0 N–H and O–H groups in total. The molecule has 0 fully saturated rings. The van der Waals surface area contributed by atoms with Gasteiger partial charge < -0.3 is 9.32 Å². The maximum atomic E-state index is 10.4. The van der Waals surface area contributed by atoms with E-state index in [2.05, 4.69) is 44.2 Å². The standard InChI is InChI=1S/C55H39NO/c1-55(2)49-26-15-14-24-44(49)45-30-29-42(34-50(45)55)56(41-21-10-5-11-22-41)51-27-16-28-52-53(51)48-35-47(43-23-12-13-25-46(43)54(48)57-52)40-32-38(36-17-6-3-7-18-36)31-39(33-40)37-19-8-4-9-20-37/h3-35H,1-2H3/i12D,13D,16D,23D,25D,27D,28D,35D. The van der Waals surface area contributed by atoms with Crippen molar-refractivity contribution in [2.75, 3.05) is 4.90 Å². The summed E-state index contributed by atoms with van der Waals surface area (Å²) in [6.07, 6.45) is 0. The third-order valence-corrected chi connectivity index (χ3v) is 11.4. The van der Waals surface area contributed by atoms with Crippen LogP contribution in [-0.4, -0.2) is 0 Å². The monoisotopic (exact) mass is 737 g/mol. The summed E-state index contributed by atoms with van der Waals surface area (Å²) >= 11 is 0. The fourth-order valence-electron chi connectivity index (χ4n) is 8.67. The van der Waals surface area contributed by atoms with Crippen molar-refractivity contribution in [1.82, 2.24) is 0 Å². The first-order chi connectivity index (χ1) is 31.4. The van der Waals surface area contributed by atoms with Crippen LogP contribution in [0.25, 0.3) is 77.2 Å². The molecule has 11 rings (SSSR count). The van der Waals surface area contributed by atoms with Gasteiger partial charge in [-0.15, -0.1) is 0 Å². The average molecular weight is 738 g/mol. The van der Waals surface area contributed by atoms with E-state index < -0.39 is 12.1 Å². The van der Waals surface area contributed by atoms with Crippen LogP contribution < -0.4 is 4.90 Å². The van der Waals surface area contributed by atoms with Gasteiger partial charge in [-0.3, -0.25) is 0 Å². The van der Waals surface area contributed by atoms with Gasteiger partial charge in [0.05, 0.1) is 22.0 Å². The Hall–Kier alpha value is -7.16. The van der Waals surface area contributed by atoms with Crippen LogP contribution in [0.15, 0.2) is 204 Å². The van der Waals surface area contributed by atoms with E-state index in [0.29, 0.717) is 16.9 Å². The van der Waals surface area contributed by atoms with Crippen molar-refractivity contribution in [2.45, 2.75) is 19.3 Å². The van der Waals surface area contributed by atoms with Gasteiger partial charge in [-0.2, -0.15) is 0 Å². The molecule has 0 radical (unpaired) electrons. The summed E-state index contributed by atoms with van der Waals surface area (Å²) in [7, 11) is 0. The molecule has 0 saturated heterocycles. The summed E-state index contributed by atoms with van der Waals surface area (Å²) < 4.78 is 82.0. The molecule has 0 unspecified atom stereocenters. The second-order valence-electron chi connectivity index (χ2n) is 15.1. The largest absolute Gasteiger partial charge is 0.455 e. The Labute approximate surface area is 344 Å². The van der Waals surface area contributed by atoms with Crippen LogP contribution >= 0.6 is 0 Å². The summed E-state index contributed by atoms with van der Waals surface area (Å²) in [6, 6.07) is 47.0. The molecule has 1 heterocycles. The van der Waals surface area contributed by atoms with Gasteiger partial charge in [0.2, 0.25) is 0 Å². The first kappa shape index (κ1) is 25.8. The lowest BCUT2D eigenvalue weighted by molar-refractivity contribution is 0.660. The number of para-hydroxylation sites is 1. The minimum atomic E-state index is -0.475. The van der Waals surface area contributed by atoms with Crippen molar-refractivity contribution in [3.8, 4) is 44.5 Å². The number of nitrogens with zero attached hydrogens (tertiary/aromatic N) is 1. The molecular weight excluding hydrogens is 691 g/mol. The smallest absolute Gasteiger partial charge is 0.143 e. The van der Waals surface area contributed by atoms with Crippen LogP contribution in [-0.2, 0) is 5.41 Å². The molecule has 9 aromatic carbocycles. The molecule has 0 amide bonds. The summed E-state index contributed by atoms with van der Waals surface area (Å²) in [4.78, 5) is 1.89. The van der Waals surface area contributed by atoms with E-state index in [-0.39, 0.29) is 85.6 Å². The molecule has 1 aliphatic carbocycles. The number of hydrogen-bond donors (Lipinski definition) is 0. The predicted molar refractivity (Wildman–Crippen MR) is 240 cm³/mol. The zero-order chi connectivity index (χ0) is 45.1. The Kier molecular flexibility index (Phi) is 5.88. The number of benzene rings is 9. The van der Waals surface area contributed by atoms with E-state index in [1.165, 1.54) is 5.56 Å². The van der Waals surface area contributed by atoms with Crippen LogP contribution in [0.3, 0.4) is 0 Å². The van der Waals surface area contributed by atoms with Crippen LogP contribution in [0.4, 0.5) is 17.1 Å². The zero-order valence-electron chi connectivity index (χ0n) is 39.3. The van der Waals surface area contributed by atoms with Gasteiger partial charge in [0.15, 0.2) is 0 Å². The molecule has 0 aliphatic heterocycles. The molecule has 2 heteroatoms. The van der Waals surface area contributed by atoms with E-state index in [4.69, 9.17) is 7.16 Å². The van der Waals surface area contributed by atoms with Crippen molar-refractivity contribution >= 4 is 49.8 Å². The highest BCUT2D eigenvalue weighted by Gasteiger charge is 2.36. The maximum Gasteiger partial charge on any atom is 0.143 e. The lowest BCUT2D eigenvalue weighted by Crippen LogP contribution is -2.16. The van der Waals surface area contributed by atoms with Gasteiger partial charge in [0.25, 0.3) is 0 Å². The molecule has 0 atom stereocenters. The van der Waals surface area contributed by atoms with Crippen LogP contribution in [0.1, 0.15) is 35.9 Å². The second kappa shape index (κ2) is 13.0. The number of hydrogen-bond acceptors (Lipinski definition) is 2. The minimum absolute atomic E-state index is 0.0171. The number of anilines is 3. The number of fused-ring (bicyclic) bond motifs is 8. The van der Waals surface area contributed by atoms with E-state index in [1.54, 1.807) is 0 Å². The minimum Gasteiger partial charge on any atom is -0.455 e. The SMILES string of the molecule is [2H]c1c([2H])c(N(c2ccccc2)c2ccc3c(c2)C(C)(C)c2ccccc2-3)c2c(oc3c4c([2H])c([2H])c([2H])c([2H])c4c(-c4cc(-c5ccccc5)cc(-c5ccccc5)c4)c([2H])c32)c1[2H]. The third kappa shape index (κ3) is 5.33. The molecule has 1 aromatic heterocycles. The molecule has 57 heavy (non-hydrogen) atoms. The molecule has 2 nitrogen and oxygen atoms in total. The highest BCUT2D eigenvalue weighted by Crippen LogP contribution is 2.52. The topological polar surface area (TPSA) is 16.4 Å². The van der Waals surface area contributed by atoms with Gasteiger partial charge in [-0.05, 0) is 122 Å². The molecule has 1 aliphatic rings. The molecule has 10 aromatic rings. The lowest BCUT2D eigenvalue weighted by Gasteiger charge is -2.28. The predicted octanol–water partition coefficient (Wildman–Crippen LogP) is 15.5. The van der Waals surface area contributed by atoms with E-state index >= 15 is 0 Å². The molecule has 0 saturated carbocycles. The highest BCUT2D eigenvalue weighted by molar-refractivity contribution is 6.22. The second-order valence-corrected chi connectivity index (χ2v) is 15.1. The molecule has 0 spiro atoms. The van der Waals surface area contributed by atoms with Crippen LogP contribution in [0, 0.1) is 0 Å². The summed E-state index contributed by atoms with van der Waals surface area (Å²) in [5.41, 5.74) is 9.95. The molecular formula is C55H39NO. The van der Waals surface area contributed by atoms with Gasteiger partial charge >= 0.3 is 0 Å². The van der Waals surface area contributed by atoms with Crippen molar-refractivity contribution in [3.05, 3.63) is 211 Å². The lowest BCUT2D eigenvalue weighted by atomic mass is 9.82. The number of rotatable bonds is 6.